The third kappa shape index (κ3) is 3.34. The molecular formula is C22H21N5O3. The summed E-state index contributed by atoms with van der Waals surface area (Å²) >= 11 is 0. The van der Waals surface area contributed by atoms with Gasteiger partial charge in [-0.05, 0) is 37.0 Å². The zero-order valence-electron chi connectivity index (χ0n) is 16.4. The monoisotopic (exact) mass is 403 g/mol. The van der Waals surface area contributed by atoms with Crippen molar-refractivity contribution in [2.24, 2.45) is 0 Å². The van der Waals surface area contributed by atoms with Crippen LogP contribution in [0.25, 0.3) is 11.4 Å². The average Bonchev–Trinajstić information content (AvgIpc) is 3.17. The Kier molecular flexibility index (Phi) is 4.74. The maximum Gasteiger partial charge on any atom is 0.255 e. The van der Waals surface area contributed by atoms with Gasteiger partial charge in [-0.1, -0.05) is 12.1 Å². The normalized spacial score (nSPS) is 17.4. The zero-order chi connectivity index (χ0) is 20.5. The third-order valence-electron chi connectivity index (χ3n) is 5.58. The Hall–Kier alpha value is -3.55. The molecule has 152 valence electrons. The number of benzene rings is 1. The molecule has 0 bridgehead atoms. The van der Waals surface area contributed by atoms with Crippen molar-refractivity contribution in [3.05, 3.63) is 70.2 Å². The molecule has 0 aliphatic carbocycles. The number of hydrogen-bond acceptors (Lipinski definition) is 6. The SMILES string of the molecule is O=C(NC1CCCCn2c1nc(-c1ccncn1)cc2=O)c1cccc2c1OCC2. The maximum atomic E-state index is 13.1. The zero-order valence-corrected chi connectivity index (χ0v) is 16.4. The highest BCUT2D eigenvalue weighted by Gasteiger charge is 2.27. The minimum atomic E-state index is -0.369. The Labute approximate surface area is 173 Å². The predicted octanol–water partition coefficient (Wildman–Crippen LogP) is 2.29. The lowest BCUT2D eigenvalue weighted by Gasteiger charge is -2.20. The van der Waals surface area contributed by atoms with Gasteiger partial charge in [0.25, 0.3) is 11.5 Å². The summed E-state index contributed by atoms with van der Waals surface area (Å²) in [6.45, 7) is 1.17. The van der Waals surface area contributed by atoms with Gasteiger partial charge in [0.2, 0.25) is 0 Å². The number of rotatable bonds is 3. The smallest absolute Gasteiger partial charge is 0.255 e. The molecule has 4 heterocycles. The van der Waals surface area contributed by atoms with Crippen LogP contribution < -0.4 is 15.6 Å². The fourth-order valence-corrected chi connectivity index (χ4v) is 4.10. The number of aromatic nitrogens is 4. The van der Waals surface area contributed by atoms with E-state index in [4.69, 9.17) is 9.72 Å². The summed E-state index contributed by atoms with van der Waals surface area (Å²) in [7, 11) is 0. The Morgan fingerprint density at radius 1 is 1.20 bits per heavy atom. The topological polar surface area (TPSA) is 99.0 Å². The van der Waals surface area contributed by atoms with Crippen molar-refractivity contribution in [3.8, 4) is 17.1 Å². The fraction of sp³-hybridized carbons (Fsp3) is 0.318. The molecule has 1 atom stereocenters. The first kappa shape index (κ1) is 18.5. The van der Waals surface area contributed by atoms with E-state index < -0.39 is 0 Å². The largest absolute Gasteiger partial charge is 0.492 e. The van der Waals surface area contributed by atoms with E-state index in [1.807, 2.05) is 12.1 Å². The maximum absolute atomic E-state index is 13.1. The van der Waals surface area contributed by atoms with Crippen LogP contribution in [0.5, 0.6) is 5.75 Å². The van der Waals surface area contributed by atoms with Crippen LogP contribution in [-0.4, -0.2) is 32.0 Å². The summed E-state index contributed by atoms with van der Waals surface area (Å²) in [6, 6.07) is 8.47. The van der Waals surface area contributed by atoms with Gasteiger partial charge < -0.3 is 10.1 Å². The van der Waals surface area contributed by atoms with Gasteiger partial charge in [0.1, 0.15) is 17.9 Å². The van der Waals surface area contributed by atoms with E-state index in [0.29, 0.717) is 48.1 Å². The van der Waals surface area contributed by atoms with Crippen molar-refractivity contribution in [3.63, 3.8) is 0 Å². The molecule has 8 heteroatoms. The molecule has 30 heavy (non-hydrogen) atoms. The second kappa shape index (κ2) is 7.70. The van der Waals surface area contributed by atoms with Gasteiger partial charge >= 0.3 is 0 Å². The average molecular weight is 403 g/mol. The van der Waals surface area contributed by atoms with Crippen LogP contribution in [0.4, 0.5) is 0 Å². The summed E-state index contributed by atoms with van der Waals surface area (Å²) in [5.41, 5.74) is 2.49. The molecular weight excluding hydrogens is 382 g/mol. The minimum Gasteiger partial charge on any atom is -0.492 e. The number of amides is 1. The Morgan fingerprint density at radius 2 is 2.13 bits per heavy atom. The van der Waals surface area contributed by atoms with E-state index in [0.717, 1.165) is 24.8 Å². The number of nitrogens with one attached hydrogen (secondary N) is 1. The minimum absolute atomic E-state index is 0.140. The van der Waals surface area contributed by atoms with Crippen LogP contribution in [-0.2, 0) is 13.0 Å². The summed E-state index contributed by atoms with van der Waals surface area (Å²) in [5.74, 6) is 1.01. The van der Waals surface area contributed by atoms with E-state index in [1.165, 1.54) is 12.4 Å². The molecule has 1 N–H and O–H groups in total. The molecule has 2 aliphatic heterocycles. The number of carbonyl (C=O) groups is 1. The van der Waals surface area contributed by atoms with Crippen LogP contribution in [0.3, 0.4) is 0 Å². The number of ether oxygens (including phenoxy) is 1. The van der Waals surface area contributed by atoms with Crippen molar-refractivity contribution < 1.29 is 9.53 Å². The first-order chi connectivity index (χ1) is 14.7. The number of nitrogens with zero attached hydrogens (tertiary/aromatic N) is 4. The molecule has 1 aromatic carbocycles. The molecule has 0 saturated heterocycles. The first-order valence-electron chi connectivity index (χ1n) is 10.1. The van der Waals surface area contributed by atoms with Crippen LogP contribution in [0.2, 0.25) is 0 Å². The summed E-state index contributed by atoms with van der Waals surface area (Å²) in [5, 5.41) is 3.09. The lowest BCUT2D eigenvalue weighted by molar-refractivity contribution is 0.0929. The van der Waals surface area contributed by atoms with Gasteiger partial charge in [-0.3, -0.25) is 14.2 Å². The summed E-state index contributed by atoms with van der Waals surface area (Å²) < 4.78 is 7.35. The van der Waals surface area contributed by atoms with Gasteiger partial charge in [0.05, 0.1) is 29.6 Å². The molecule has 8 nitrogen and oxygen atoms in total. The molecule has 1 unspecified atom stereocenters. The Bertz CT molecular complexity index is 1160. The van der Waals surface area contributed by atoms with Crippen LogP contribution in [0.15, 0.2) is 47.7 Å². The van der Waals surface area contributed by atoms with Crippen molar-refractivity contribution in [1.82, 2.24) is 24.8 Å². The van der Waals surface area contributed by atoms with Crippen LogP contribution in [0.1, 0.15) is 47.1 Å². The van der Waals surface area contributed by atoms with Crippen LogP contribution >= 0.6 is 0 Å². The molecule has 0 spiro atoms. The van der Waals surface area contributed by atoms with E-state index in [9.17, 15) is 9.59 Å². The predicted molar refractivity (Wildman–Crippen MR) is 109 cm³/mol. The second-order valence-corrected chi connectivity index (χ2v) is 7.50. The molecule has 0 fully saturated rings. The van der Waals surface area contributed by atoms with Crippen molar-refractivity contribution in [1.29, 1.82) is 0 Å². The highest BCUT2D eigenvalue weighted by molar-refractivity contribution is 5.97. The van der Waals surface area contributed by atoms with Crippen molar-refractivity contribution in [2.45, 2.75) is 38.3 Å². The lowest BCUT2D eigenvalue weighted by Crippen LogP contribution is -2.34. The standard InChI is InChI=1S/C22H21N5O3/c28-19-12-18(16-7-9-23-13-24-16)25-21-17(6-1-2-10-27(19)21)26-22(29)15-5-3-4-14-8-11-30-20(14)15/h3-5,7,9,12-13,17H,1-2,6,8,10-11H2,(H,26,29). The number of fused-ring (bicyclic) bond motifs is 2. The molecule has 5 rings (SSSR count). The number of hydrogen-bond donors (Lipinski definition) is 1. The molecule has 0 saturated carbocycles. The Balaban J connectivity index is 1.52. The van der Waals surface area contributed by atoms with E-state index >= 15 is 0 Å². The third-order valence-corrected chi connectivity index (χ3v) is 5.58. The highest BCUT2D eigenvalue weighted by atomic mass is 16.5. The number of para-hydroxylation sites is 1. The molecule has 2 aliphatic rings. The van der Waals surface area contributed by atoms with Gasteiger partial charge in [-0.2, -0.15) is 0 Å². The van der Waals surface area contributed by atoms with Gasteiger partial charge in [-0.15, -0.1) is 0 Å². The molecule has 3 aromatic rings. The number of carbonyl (C=O) groups excluding carboxylic acids is 1. The van der Waals surface area contributed by atoms with Crippen molar-refractivity contribution >= 4 is 5.91 Å². The van der Waals surface area contributed by atoms with Gasteiger partial charge in [0.15, 0.2) is 0 Å². The van der Waals surface area contributed by atoms with Crippen molar-refractivity contribution in [2.75, 3.05) is 6.61 Å². The fourth-order valence-electron chi connectivity index (χ4n) is 4.10. The van der Waals surface area contributed by atoms with E-state index in [1.54, 1.807) is 22.9 Å². The molecule has 1 amide bonds. The first-order valence-corrected chi connectivity index (χ1v) is 10.1. The summed E-state index contributed by atoms with van der Waals surface area (Å²) in [6.07, 6.45) is 6.30. The van der Waals surface area contributed by atoms with Gasteiger partial charge in [-0.25, -0.2) is 15.0 Å². The Morgan fingerprint density at radius 3 is 3.00 bits per heavy atom. The lowest BCUT2D eigenvalue weighted by atomic mass is 10.1. The molecule has 0 radical (unpaired) electrons. The van der Waals surface area contributed by atoms with E-state index in [-0.39, 0.29) is 17.5 Å². The highest BCUT2D eigenvalue weighted by Crippen LogP contribution is 2.30. The summed E-state index contributed by atoms with van der Waals surface area (Å²) in [4.78, 5) is 38.8. The molecule has 2 aromatic heterocycles. The quantitative estimate of drug-likeness (QED) is 0.720. The van der Waals surface area contributed by atoms with Crippen LogP contribution in [0, 0.1) is 0 Å². The second-order valence-electron chi connectivity index (χ2n) is 7.50. The van der Waals surface area contributed by atoms with Gasteiger partial charge in [0, 0.05) is 25.2 Å². The van der Waals surface area contributed by atoms with E-state index in [2.05, 4.69) is 15.3 Å².